The fraction of sp³-hybridized carbons (Fsp3) is 0.647. The summed E-state index contributed by atoms with van der Waals surface area (Å²) in [5.41, 5.74) is 0.289. The molecule has 118 valence electrons. The zero-order chi connectivity index (χ0) is 16.4. The van der Waals surface area contributed by atoms with Crippen molar-refractivity contribution in [1.29, 1.82) is 0 Å². The summed E-state index contributed by atoms with van der Waals surface area (Å²) < 4.78 is 5.34. The minimum atomic E-state index is -0.971. The highest BCUT2D eigenvalue weighted by atomic mass is 16.5. The van der Waals surface area contributed by atoms with Crippen LogP contribution in [0.25, 0.3) is 0 Å². The Labute approximate surface area is 126 Å². The highest BCUT2D eigenvalue weighted by molar-refractivity contribution is 5.97. The van der Waals surface area contributed by atoms with Crippen LogP contribution in [-0.2, 0) is 14.3 Å². The number of hydrogen-bond donors (Lipinski definition) is 1. The molecule has 4 nitrogen and oxygen atoms in total. The van der Waals surface area contributed by atoms with Gasteiger partial charge in [0.15, 0.2) is 5.78 Å². The van der Waals surface area contributed by atoms with Crippen molar-refractivity contribution in [2.24, 2.45) is 5.41 Å². The van der Waals surface area contributed by atoms with E-state index in [4.69, 9.17) is 4.74 Å². The molecule has 0 heterocycles. The van der Waals surface area contributed by atoms with E-state index in [0.717, 1.165) is 11.1 Å². The first-order valence-corrected chi connectivity index (χ1v) is 7.28. The van der Waals surface area contributed by atoms with Crippen molar-refractivity contribution in [3.8, 4) is 0 Å². The number of allylic oxidation sites excluding steroid dienone is 1. The SMILES string of the molecule is C=CC(C)(O)CCC1=C(C)C(=O)C[C@H](OC(C)=O)C1(C)C. The average molecular weight is 294 g/mol. The summed E-state index contributed by atoms with van der Waals surface area (Å²) in [5.74, 6) is -0.369. The fourth-order valence-corrected chi connectivity index (χ4v) is 2.80. The van der Waals surface area contributed by atoms with Gasteiger partial charge < -0.3 is 9.84 Å². The predicted molar refractivity (Wildman–Crippen MR) is 81.7 cm³/mol. The van der Waals surface area contributed by atoms with Crippen LogP contribution in [0.2, 0.25) is 0 Å². The van der Waals surface area contributed by atoms with Crippen molar-refractivity contribution in [1.82, 2.24) is 0 Å². The summed E-state index contributed by atoms with van der Waals surface area (Å²) in [6, 6.07) is 0. The zero-order valence-electron chi connectivity index (χ0n) is 13.7. The molecule has 0 radical (unpaired) electrons. The Kier molecular flexibility index (Phi) is 5.16. The first kappa shape index (κ1) is 17.6. The molecule has 1 N–H and O–H groups in total. The molecule has 1 unspecified atom stereocenters. The van der Waals surface area contributed by atoms with Gasteiger partial charge in [-0.3, -0.25) is 9.59 Å². The predicted octanol–water partition coefficient (Wildman–Crippen LogP) is 2.95. The van der Waals surface area contributed by atoms with Crippen molar-refractivity contribution >= 4 is 11.8 Å². The van der Waals surface area contributed by atoms with Crippen molar-refractivity contribution in [3.05, 3.63) is 23.8 Å². The second-order valence-electron chi connectivity index (χ2n) is 6.61. The quantitative estimate of drug-likeness (QED) is 0.625. The number of esters is 1. The zero-order valence-corrected chi connectivity index (χ0v) is 13.7. The van der Waals surface area contributed by atoms with E-state index in [1.54, 1.807) is 6.92 Å². The van der Waals surface area contributed by atoms with Gasteiger partial charge in [0, 0.05) is 18.8 Å². The fourth-order valence-electron chi connectivity index (χ4n) is 2.80. The van der Waals surface area contributed by atoms with Crippen LogP contribution in [0.3, 0.4) is 0 Å². The van der Waals surface area contributed by atoms with Gasteiger partial charge in [0.25, 0.3) is 0 Å². The molecule has 2 atom stereocenters. The normalized spacial score (nSPS) is 24.5. The molecule has 1 aliphatic rings. The second kappa shape index (κ2) is 6.14. The highest BCUT2D eigenvalue weighted by Gasteiger charge is 2.42. The van der Waals surface area contributed by atoms with E-state index in [1.165, 1.54) is 13.0 Å². The maximum atomic E-state index is 12.1. The Balaban J connectivity index is 3.06. The van der Waals surface area contributed by atoms with E-state index in [-0.39, 0.29) is 18.2 Å². The number of rotatable bonds is 5. The molecule has 0 aromatic heterocycles. The maximum Gasteiger partial charge on any atom is 0.302 e. The van der Waals surface area contributed by atoms with E-state index < -0.39 is 17.1 Å². The summed E-state index contributed by atoms with van der Waals surface area (Å²) in [4.78, 5) is 23.4. The number of aliphatic hydroxyl groups is 1. The molecule has 0 aromatic carbocycles. The number of carbonyl (C=O) groups is 2. The molecule has 0 saturated carbocycles. The van der Waals surface area contributed by atoms with Gasteiger partial charge in [-0.15, -0.1) is 6.58 Å². The Morgan fingerprint density at radius 1 is 1.57 bits per heavy atom. The van der Waals surface area contributed by atoms with E-state index in [2.05, 4.69) is 6.58 Å². The summed E-state index contributed by atoms with van der Waals surface area (Å²) in [7, 11) is 0. The lowest BCUT2D eigenvalue weighted by Gasteiger charge is -2.41. The summed E-state index contributed by atoms with van der Waals surface area (Å²) in [5, 5.41) is 10.1. The molecule has 21 heavy (non-hydrogen) atoms. The summed E-state index contributed by atoms with van der Waals surface area (Å²) in [6.45, 7) is 12.4. The monoisotopic (exact) mass is 294 g/mol. The molecule has 0 saturated heterocycles. The highest BCUT2D eigenvalue weighted by Crippen LogP contribution is 2.43. The van der Waals surface area contributed by atoms with Crippen LogP contribution in [-0.4, -0.2) is 28.6 Å². The molecular weight excluding hydrogens is 268 g/mol. The lowest BCUT2D eigenvalue weighted by Crippen LogP contribution is -2.42. The van der Waals surface area contributed by atoms with Crippen LogP contribution in [0.4, 0.5) is 0 Å². The van der Waals surface area contributed by atoms with Gasteiger partial charge in [0.1, 0.15) is 6.10 Å². The third-order valence-corrected chi connectivity index (χ3v) is 4.45. The first-order chi connectivity index (χ1) is 9.51. The van der Waals surface area contributed by atoms with E-state index in [9.17, 15) is 14.7 Å². The van der Waals surface area contributed by atoms with E-state index in [0.29, 0.717) is 12.8 Å². The minimum absolute atomic E-state index is 0.00817. The summed E-state index contributed by atoms with van der Waals surface area (Å²) in [6.07, 6.45) is 2.33. The van der Waals surface area contributed by atoms with Crippen molar-refractivity contribution in [2.75, 3.05) is 0 Å². The number of hydrogen-bond acceptors (Lipinski definition) is 4. The Morgan fingerprint density at radius 3 is 2.62 bits per heavy atom. The van der Waals surface area contributed by atoms with Gasteiger partial charge in [-0.2, -0.15) is 0 Å². The van der Waals surface area contributed by atoms with Crippen LogP contribution < -0.4 is 0 Å². The molecule has 1 rings (SSSR count). The summed E-state index contributed by atoms with van der Waals surface area (Å²) >= 11 is 0. The van der Waals surface area contributed by atoms with Crippen LogP contribution in [0.1, 0.15) is 53.9 Å². The van der Waals surface area contributed by atoms with Gasteiger partial charge in [-0.25, -0.2) is 0 Å². The first-order valence-electron chi connectivity index (χ1n) is 7.28. The van der Waals surface area contributed by atoms with Gasteiger partial charge in [-0.05, 0) is 32.3 Å². The van der Waals surface area contributed by atoms with Crippen molar-refractivity contribution in [2.45, 2.75) is 65.6 Å². The lowest BCUT2D eigenvalue weighted by molar-refractivity contribution is -0.153. The average Bonchev–Trinajstić information content (AvgIpc) is 2.35. The molecule has 1 aliphatic carbocycles. The second-order valence-corrected chi connectivity index (χ2v) is 6.61. The van der Waals surface area contributed by atoms with Crippen LogP contribution >= 0.6 is 0 Å². The molecule has 0 fully saturated rings. The molecule has 0 bridgehead atoms. The standard InChI is InChI=1S/C17H26O4/c1-7-17(6,20)9-8-13-11(2)14(19)10-15(16(13,4)5)21-12(3)18/h7,15,20H,1,8-10H2,2-6H3/t15-,17?/m0/s1. The Morgan fingerprint density at radius 2 is 2.14 bits per heavy atom. The van der Waals surface area contributed by atoms with Gasteiger partial charge in [-0.1, -0.05) is 25.5 Å². The van der Waals surface area contributed by atoms with Gasteiger partial charge in [0.05, 0.1) is 5.60 Å². The van der Waals surface area contributed by atoms with Crippen molar-refractivity contribution in [3.63, 3.8) is 0 Å². The lowest BCUT2D eigenvalue weighted by atomic mass is 9.68. The number of ether oxygens (including phenoxy) is 1. The van der Waals surface area contributed by atoms with E-state index in [1.807, 2.05) is 20.8 Å². The molecular formula is C17H26O4. The minimum Gasteiger partial charge on any atom is -0.461 e. The smallest absolute Gasteiger partial charge is 0.302 e. The van der Waals surface area contributed by atoms with Crippen LogP contribution in [0.5, 0.6) is 0 Å². The van der Waals surface area contributed by atoms with Crippen LogP contribution in [0, 0.1) is 5.41 Å². The number of Topliss-reactive ketones (excluding diaryl/α,β-unsaturated/α-hetero) is 1. The van der Waals surface area contributed by atoms with Gasteiger partial charge >= 0.3 is 5.97 Å². The molecule has 0 aromatic rings. The molecule has 4 heteroatoms. The molecule has 0 spiro atoms. The topological polar surface area (TPSA) is 63.6 Å². The van der Waals surface area contributed by atoms with E-state index >= 15 is 0 Å². The maximum absolute atomic E-state index is 12.1. The number of ketones is 1. The van der Waals surface area contributed by atoms with Crippen molar-refractivity contribution < 1.29 is 19.4 Å². The third-order valence-electron chi connectivity index (χ3n) is 4.45. The Bertz CT molecular complexity index is 483. The third kappa shape index (κ3) is 4.03. The molecule has 0 aliphatic heterocycles. The van der Waals surface area contributed by atoms with Gasteiger partial charge in [0.2, 0.25) is 0 Å². The largest absolute Gasteiger partial charge is 0.461 e. The number of carbonyl (C=O) groups excluding carboxylic acids is 2. The Hall–Kier alpha value is -1.42. The molecule has 0 amide bonds. The van der Waals surface area contributed by atoms with Crippen LogP contribution in [0.15, 0.2) is 23.8 Å².